The highest BCUT2D eigenvalue weighted by Crippen LogP contribution is 2.17. The number of hydrogen-bond donors (Lipinski definition) is 1. The van der Waals surface area contributed by atoms with Crippen LogP contribution in [0.3, 0.4) is 0 Å². The van der Waals surface area contributed by atoms with Gasteiger partial charge in [0.2, 0.25) is 0 Å². The summed E-state index contributed by atoms with van der Waals surface area (Å²) in [6, 6.07) is 9.03. The summed E-state index contributed by atoms with van der Waals surface area (Å²) in [5, 5.41) is 4.43. The van der Waals surface area contributed by atoms with Gasteiger partial charge in [-0.1, -0.05) is 37.6 Å². The monoisotopic (exact) mass is 253 g/mol. The zero-order valence-corrected chi connectivity index (χ0v) is 12.1. The summed E-state index contributed by atoms with van der Waals surface area (Å²) in [6.07, 6.45) is 2.51. The molecule has 1 N–H and O–H groups in total. The van der Waals surface area contributed by atoms with E-state index in [2.05, 4.69) is 45.1 Å². The van der Waals surface area contributed by atoms with Crippen molar-refractivity contribution >= 4 is 11.6 Å². The van der Waals surface area contributed by atoms with Crippen LogP contribution in [0, 0.1) is 5.92 Å². The Morgan fingerprint density at radius 2 is 1.59 bits per heavy atom. The predicted molar refractivity (Wildman–Crippen MR) is 76.5 cm³/mol. The Labute approximate surface area is 111 Å². The zero-order chi connectivity index (χ0) is 12.8. The van der Waals surface area contributed by atoms with Gasteiger partial charge in [0.25, 0.3) is 0 Å². The van der Waals surface area contributed by atoms with E-state index in [1.165, 1.54) is 18.4 Å². The van der Waals surface area contributed by atoms with Crippen molar-refractivity contribution in [1.29, 1.82) is 0 Å². The Morgan fingerprint density at radius 1 is 1.00 bits per heavy atom. The second-order valence-electron chi connectivity index (χ2n) is 5.31. The van der Waals surface area contributed by atoms with Crippen molar-refractivity contribution in [3.63, 3.8) is 0 Å². The van der Waals surface area contributed by atoms with Gasteiger partial charge >= 0.3 is 0 Å². The van der Waals surface area contributed by atoms with Crippen LogP contribution in [0.1, 0.15) is 52.1 Å². The Morgan fingerprint density at radius 3 is 2.12 bits per heavy atom. The highest BCUT2D eigenvalue weighted by molar-refractivity contribution is 6.30. The molecule has 0 spiro atoms. The van der Waals surface area contributed by atoms with E-state index in [9.17, 15) is 0 Å². The lowest BCUT2D eigenvalue weighted by Gasteiger charge is -2.21. The molecule has 0 amide bonds. The Balaban J connectivity index is 2.42. The summed E-state index contributed by atoms with van der Waals surface area (Å²) in [7, 11) is 0. The zero-order valence-electron chi connectivity index (χ0n) is 11.3. The standard InChI is InChI=1S/C15H24ClN/c1-11(2)5-6-12(3)17-13(4)14-7-9-15(16)10-8-14/h7-13,17H,5-6H2,1-4H3/t12?,13-/m1/s1. The van der Waals surface area contributed by atoms with E-state index in [0.29, 0.717) is 12.1 Å². The minimum atomic E-state index is 0.384. The van der Waals surface area contributed by atoms with Crippen LogP contribution in [-0.2, 0) is 0 Å². The maximum Gasteiger partial charge on any atom is 0.0406 e. The van der Waals surface area contributed by atoms with E-state index >= 15 is 0 Å². The fourth-order valence-corrected chi connectivity index (χ4v) is 2.07. The van der Waals surface area contributed by atoms with Crippen LogP contribution >= 0.6 is 11.6 Å². The molecule has 0 saturated heterocycles. The SMILES string of the molecule is CC(C)CCC(C)N[C@H](C)c1ccc(Cl)cc1. The largest absolute Gasteiger partial charge is 0.308 e. The third kappa shape index (κ3) is 5.56. The molecule has 0 fully saturated rings. The van der Waals surface area contributed by atoms with Gasteiger partial charge < -0.3 is 5.32 Å². The molecule has 0 heterocycles. The molecule has 0 radical (unpaired) electrons. The number of halogens is 1. The lowest BCUT2D eigenvalue weighted by Crippen LogP contribution is -2.29. The fraction of sp³-hybridized carbons (Fsp3) is 0.600. The number of benzene rings is 1. The minimum absolute atomic E-state index is 0.384. The summed E-state index contributed by atoms with van der Waals surface area (Å²) in [6.45, 7) is 9.01. The van der Waals surface area contributed by atoms with E-state index < -0.39 is 0 Å². The van der Waals surface area contributed by atoms with Crippen molar-refractivity contribution in [1.82, 2.24) is 5.32 Å². The highest BCUT2D eigenvalue weighted by atomic mass is 35.5. The molecule has 1 unspecified atom stereocenters. The molecular weight excluding hydrogens is 230 g/mol. The average molecular weight is 254 g/mol. The van der Waals surface area contributed by atoms with E-state index in [0.717, 1.165) is 10.9 Å². The fourth-order valence-electron chi connectivity index (χ4n) is 1.94. The Hall–Kier alpha value is -0.530. The second-order valence-corrected chi connectivity index (χ2v) is 5.75. The molecular formula is C15H24ClN. The first-order valence-corrected chi connectivity index (χ1v) is 6.88. The number of rotatable bonds is 6. The molecule has 0 aliphatic rings. The van der Waals surface area contributed by atoms with E-state index in [-0.39, 0.29) is 0 Å². The second kappa shape index (κ2) is 7.03. The first-order valence-electron chi connectivity index (χ1n) is 6.50. The van der Waals surface area contributed by atoms with Crippen LogP contribution in [0.4, 0.5) is 0 Å². The molecule has 0 bridgehead atoms. The smallest absolute Gasteiger partial charge is 0.0406 e. The minimum Gasteiger partial charge on any atom is -0.308 e. The summed E-state index contributed by atoms with van der Waals surface area (Å²) < 4.78 is 0. The van der Waals surface area contributed by atoms with E-state index in [1.807, 2.05) is 12.1 Å². The summed E-state index contributed by atoms with van der Waals surface area (Å²) >= 11 is 5.89. The molecule has 0 aliphatic heterocycles. The summed E-state index contributed by atoms with van der Waals surface area (Å²) in [5.74, 6) is 0.782. The molecule has 0 aliphatic carbocycles. The Kier molecular flexibility index (Phi) is 6.01. The first-order chi connectivity index (χ1) is 7.99. The maximum absolute atomic E-state index is 5.89. The average Bonchev–Trinajstić information content (AvgIpc) is 2.27. The van der Waals surface area contributed by atoms with Gasteiger partial charge in [0.05, 0.1) is 0 Å². The molecule has 2 heteroatoms. The van der Waals surface area contributed by atoms with Crippen LogP contribution in [0.5, 0.6) is 0 Å². The number of hydrogen-bond acceptors (Lipinski definition) is 1. The molecule has 96 valence electrons. The van der Waals surface area contributed by atoms with Crippen LogP contribution in [0.2, 0.25) is 5.02 Å². The molecule has 1 aromatic carbocycles. The van der Waals surface area contributed by atoms with Crippen LogP contribution in [0.15, 0.2) is 24.3 Å². The van der Waals surface area contributed by atoms with Crippen LogP contribution in [-0.4, -0.2) is 6.04 Å². The third-order valence-electron chi connectivity index (χ3n) is 3.08. The molecule has 17 heavy (non-hydrogen) atoms. The van der Waals surface area contributed by atoms with Gasteiger partial charge in [-0.2, -0.15) is 0 Å². The molecule has 0 saturated carbocycles. The van der Waals surface area contributed by atoms with E-state index in [1.54, 1.807) is 0 Å². The van der Waals surface area contributed by atoms with Crippen LogP contribution < -0.4 is 5.32 Å². The van der Waals surface area contributed by atoms with Gasteiger partial charge in [-0.05, 0) is 50.3 Å². The van der Waals surface area contributed by atoms with Crippen molar-refractivity contribution in [2.75, 3.05) is 0 Å². The Bertz CT molecular complexity index is 318. The van der Waals surface area contributed by atoms with Crippen molar-refractivity contribution < 1.29 is 0 Å². The van der Waals surface area contributed by atoms with Gasteiger partial charge in [-0.25, -0.2) is 0 Å². The van der Waals surface area contributed by atoms with Gasteiger partial charge in [0.1, 0.15) is 0 Å². The lowest BCUT2D eigenvalue weighted by atomic mass is 10.0. The number of nitrogens with one attached hydrogen (secondary N) is 1. The summed E-state index contributed by atoms with van der Waals surface area (Å²) in [4.78, 5) is 0. The lowest BCUT2D eigenvalue weighted by molar-refractivity contribution is 0.417. The molecule has 1 aromatic rings. The van der Waals surface area contributed by atoms with Gasteiger partial charge in [0, 0.05) is 17.1 Å². The maximum atomic E-state index is 5.89. The predicted octanol–water partition coefficient (Wildman–Crippen LogP) is 4.82. The summed E-state index contributed by atoms with van der Waals surface area (Å²) in [5.41, 5.74) is 1.30. The van der Waals surface area contributed by atoms with Gasteiger partial charge in [0.15, 0.2) is 0 Å². The molecule has 0 aromatic heterocycles. The molecule has 1 rings (SSSR count). The third-order valence-corrected chi connectivity index (χ3v) is 3.33. The van der Waals surface area contributed by atoms with Crippen LogP contribution in [0.25, 0.3) is 0 Å². The topological polar surface area (TPSA) is 12.0 Å². The van der Waals surface area contributed by atoms with E-state index in [4.69, 9.17) is 11.6 Å². The normalized spacial score (nSPS) is 14.9. The van der Waals surface area contributed by atoms with Gasteiger partial charge in [-0.3, -0.25) is 0 Å². The highest BCUT2D eigenvalue weighted by Gasteiger charge is 2.09. The molecule has 2 atom stereocenters. The van der Waals surface area contributed by atoms with Crippen molar-refractivity contribution in [3.05, 3.63) is 34.9 Å². The quantitative estimate of drug-likeness (QED) is 0.767. The molecule has 1 nitrogen and oxygen atoms in total. The van der Waals surface area contributed by atoms with Crippen molar-refractivity contribution in [2.45, 2.75) is 52.6 Å². The first kappa shape index (κ1) is 14.5. The van der Waals surface area contributed by atoms with Crippen molar-refractivity contribution in [2.24, 2.45) is 5.92 Å². The van der Waals surface area contributed by atoms with Gasteiger partial charge in [-0.15, -0.1) is 0 Å². The van der Waals surface area contributed by atoms with Crippen molar-refractivity contribution in [3.8, 4) is 0 Å².